The molecule has 4 aromatic rings. The van der Waals surface area contributed by atoms with Gasteiger partial charge < -0.3 is 4.90 Å². The topological polar surface area (TPSA) is 4.44 Å². The summed E-state index contributed by atoms with van der Waals surface area (Å²) in [6, 6.07) is 2.01. The second-order valence-corrected chi connectivity index (χ2v) is 14.2. The van der Waals surface area contributed by atoms with Gasteiger partial charge in [0.15, 0.2) is 69.8 Å². The normalized spacial score (nSPS) is 15.6. The van der Waals surface area contributed by atoms with Crippen molar-refractivity contribution in [1.29, 1.82) is 0 Å². The van der Waals surface area contributed by atoms with Gasteiger partial charge in [0.1, 0.15) is 52.7 Å². The van der Waals surface area contributed by atoms with Gasteiger partial charge in [0.25, 0.3) is 0 Å². The van der Waals surface area contributed by atoms with Gasteiger partial charge >= 0.3 is 0 Å². The first-order valence-electron chi connectivity index (χ1n) is 17.6. The third-order valence-electron chi connectivity index (χ3n) is 11.2. The van der Waals surface area contributed by atoms with Gasteiger partial charge in [0, 0.05) is 0 Å². The molecule has 4 aromatic carbocycles. The van der Waals surface area contributed by atoms with E-state index in [0.29, 0.717) is 0 Å². The Balaban J connectivity index is 0.000000395. The molecular formula is C37H26BF20N. The Morgan fingerprint density at radius 3 is 0.593 bits per heavy atom. The standard InChI is InChI=1S/C24BF20.C13H25N/c26-5-1(6(27)14(35)21(42)13(5)34)25(2-7(28)15(36)22(43)16(37)8(2)29,3-9(30)17(38)23(44)18(39)10(3)31)4-11(32)19(40)24(45)20(41)12(4)33;1-14(12-8-4-2-5-9-12)13-10-6-3-7-11-13/h;12-13H,2-11H2,1H3/q-1;/p+1. The average molecular weight is 875 g/mol. The van der Waals surface area contributed by atoms with Crippen molar-refractivity contribution < 1.29 is 92.7 Å². The van der Waals surface area contributed by atoms with E-state index < -0.39 is 144 Å². The SMILES string of the molecule is C[NH+](C1CCCCC1)C1CCCCC1.Fc1c(F)c(F)c([B-](c2c(F)c(F)c(F)c(F)c2F)(c2c(F)c(F)c(F)c(F)c2F)c2c(F)c(F)c(F)c(F)c2F)c(F)c1F. The summed E-state index contributed by atoms with van der Waals surface area (Å²) in [6.45, 7) is 0. The lowest BCUT2D eigenvalue weighted by Crippen LogP contribution is -3.16. The molecule has 0 spiro atoms. The molecule has 22 heteroatoms. The van der Waals surface area contributed by atoms with Gasteiger partial charge in [-0.1, -0.05) is 12.8 Å². The molecule has 1 N–H and O–H groups in total. The lowest BCUT2D eigenvalue weighted by atomic mass is 9.12. The van der Waals surface area contributed by atoms with Crippen molar-refractivity contribution >= 4 is 28.0 Å². The van der Waals surface area contributed by atoms with Crippen LogP contribution in [0.4, 0.5) is 87.8 Å². The summed E-state index contributed by atoms with van der Waals surface area (Å²) in [7, 11) is 2.46. The highest BCUT2D eigenvalue weighted by Crippen LogP contribution is 2.31. The molecule has 322 valence electrons. The molecular weight excluding hydrogens is 849 g/mol. The zero-order chi connectivity index (χ0) is 44.2. The van der Waals surface area contributed by atoms with E-state index >= 15 is 35.1 Å². The molecule has 0 atom stereocenters. The summed E-state index contributed by atoms with van der Waals surface area (Å²) in [5.74, 6) is -71.4. The maximum Gasteiger partial charge on any atom is 0.200 e. The second kappa shape index (κ2) is 17.2. The number of hydrogen-bond donors (Lipinski definition) is 1. The molecule has 1 nitrogen and oxygen atoms in total. The van der Waals surface area contributed by atoms with Crippen LogP contribution in [0.5, 0.6) is 0 Å². The van der Waals surface area contributed by atoms with Crippen molar-refractivity contribution in [2.75, 3.05) is 7.05 Å². The number of halogens is 20. The maximum absolute atomic E-state index is 15.4. The molecule has 0 unspecified atom stereocenters. The smallest absolute Gasteiger partial charge is 0.200 e. The lowest BCUT2D eigenvalue weighted by Gasteiger charge is -2.44. The minimum atomic E-state index is -7.22. The van der Waals surface area contributed by atoms with Gasteiger partial charge in [-0.3, -0.25) is 0 Å². The van der Waals surface area contributed by atoms with Gasteiger partial charge in [-0.15, -0.1) is 21.9 Å². The van der Waals surface area contributed by atoms with Crippen LogP contribution in [0.3, 0.4) is 0 Å². The summed E-state index contributed by atoms with van der Waals surface area (Å²) in [5.41, 5.74) is -14.3. The summed E-state index contributed by atoms with van der Waals surface area (Å²) >= 11 is 0. The van der Waals surface area contributed by atoms with Crippen LogP contribution in [-0.2, 0) is 0 Å². The molecule has 0 aliphatic heterocycles. The Kier molecular flexibility index (Phi) is 13.3. The molecule has 2 aliphatic rings. The van der Waals surface area contributed by atoms with Crippen LogP contribution in [0, 0.1) is 116 Å². The van der Waals surface area contributed by atoms with Crippen molar-refractivity contribution in [2.24, 2.45) is 0 Å². The number of quaternary nitrogens is 1. The van der Waals surface area contributed by atoms with Crippen LogP contribution < -0.4 is 26.8 Å². The van der Waals surface area contributed by atoms with Crippen molar-refractivity contribution in [1.82, 2.24) is 0 Å². The van der Waals surface area contributed by atoms with Crippen molar-refractivity contribution in [3.8, 4) is 0 Å². The first-order chi connectivity index (χ1) is 27.6. The zero-order valence-corrected chi connectivity index (χ0v) is 29.9. The van der Waals surface area contributed by atoms with Crippen LogP contribution in [0.2, 0.25) is 0 Å². The fraction of sp³-hybridized carbons (Fsp3) is 0.351. The maximum atomic E-state index is 15.4. The van der Waals surface area contributed by atoms with Crippen LogP contribution in [0.25, 0.3) is 0 Å². The molecule has 0 aromatic heterocycles. The molecule has 0 saturated heterocycles. The van der Waals surface area contributed by atoms with E-state index in [0.717, 1.165) is 12.1 Å². The second-order valence-electron chi connectivity index (χ2n) is 14.2. The first-order valence-corrected chi connectivity index (χ1v) is 17.6. The highest BCUT2D eigenvalue weighted by Gasteiger charge is 2.52. The molecule has 0 bridgehead atoms. The highest BCUT2D eigenvalue weighted by molar-refractivity contribution is 7.20. The number of nitrogens with one attached hydrogen (secondary N) is 1. The third kappa shape index (κ3) is 7.29. The Bertz CT molecular complexity index is 1890. The lowest BCUT2D eigenvalue weighted by molar-refractivity contribution is -0.933. The van der Waals surface area contributed by atoms with E-state index in [4.69, 9.17) is 0 Å². The van der Waals surface area contributed by atoms with E-state index in [1.165, 1.54) is 64.2 Å². The first kappa shape index (κ1) is 45.6. The van der Waals surface area contributed by atoms with Gasteiger partial charge in [-0.05, 0) is 51.4 Å². The summed E-state index contributed by atoms with van der Waals surface area (Å²) < 4.78 is 294. The molecule has 59 heavy (non-hydrogen) atoms. The number of benzene rings is 4. The number of rotatable bonds is 6. The van der Waals surface area contributed by atoms with E-state index in [9.17, 15) is 52.7 Å². The largest absolute Gasteiger partial charge is 0.333 e. The minimum Gasteiger partial charge on any atom is -0.333 e. The monoisotopic (exact) mass is 875 g/mol. The van der Waals surface area contributed by atoms with Crippen LogP contribution in [0.1, 0.15) is 64.2 Å². The fourth-order valence-electron chi connectivity index (χ4n) is 8.32. The Hall–Kier alpha value is -4.50. The molecule has 0 radical (unpaired) electrons. The third-order valence-corrected chi connectivity index (χ3v) is 11.2. The van der Waals surface area contributed by atoms with E-state index in [-0.39, 0.29) is 0 Å². The molecule has 2 saturated carbocycles. The van der Waals surface area contributed by atoms with Gasteiger partial charge in [0.05, 0.1) is 19.1 Å². The van der Waals surface area contributed by atoms with Gasteiger partial charge in [-0.25, -0.2) is 87.8 Å². The van der Waals surface area contributed by atoms with Crippen molar-refractivity contribution in [3.05, 3.63) is 116 Å². The summed E-state index contributed by atoms with van der Waals surface area (Å²) in [6.07, 6.45) is 7.76. The van der Waals surface area contributed by atoms with E-state index in [1.807, 2.05) is 4.90 Å². The number of hydrogen-bond acceptors (Lipinski definition) is 0. The fourth-order valence-corrected chi connectivity index (χ4v) is 8.32. The predicted octanol–water partition coefficient (Wildman–Crippen LogP) is 8.01. The highest BCUT2D eigenvalue weighted by atomic mass is 19.2. The van der Waals surface area contributed by atoms with Gasteiger partial charge in [0.2, 0.25) is 0 Å². The van der Waals surface area contributed by atoms with E-state index in [1.54, 1.807) is 0 Å². The van der Waals surface area contributed by atoms with Gasteiger partial charge in [-0.2, -0.15) is 0 Å². The van der Waals surface area contributed by atoms with Crippen LogP contribution in [0.15, 0.2) is 0 Å². The van der Waals surface area contributed by atoms with Crippen molar-refractivity contribution in [3.63, 3.8) is 0 Å². The predicted molar refractivity (Wildman–Crippen MR) is 170 cm³/mol. The quantitative estimate of drug-likeness (QED) is 0.0868. The zero-order valence-electron chi connectivity index (χ0n) is 29.9. The molecule has 2 fully saturated rings. The Labute approximate surface area is 320 Å². The van der Waals surface area contributed by atoms with Crippen molar-refractivity contribution in [2.45, 2.75) is 76.3 Å². The Morgan fingerprint density at radius 1 is 0.271 bits per heavy atom. The molecule has 0 heterocycles. The van der Waals surface area contributed by atoms with Crippen LogP contribution >= 0.6 is 0 Å². The molecule has 6 rings (SSSR count). The van der Waals surface area contributed by atoms with E-state index in [2.05, 4.69) is 7.05 Å². The average Bonchev–Trinajstić information content (AvgIpc) is 3.24. The van der Waals surface area contributed by atoms with Crippen LogP contribution in [-0.4, -0.2) is 25.3 Å². The summed E-state index contributed by atoms with van der Waals surface area (Å²) in [4.78, 5) is 1.88. The molecule has 0 amide bonds. The summed E-state index contributed by atoms with van der Waals surface area (Å²) in [5, 5.41) is 0. The molecule has 2 aliphatic carbocycles. The minimum absolute atomic E-state index is 1.01. The Morgan fingerprint density at radius 2 is 0.424 bits per heavy atom.